The second-order valence-corrected chi connectivity index (χ2v) is 6.11. The van der Waals surface area contributed by atoms with Crippen LogP contribution in [-0.4, -0.2) is 35.4 Å². The molecule has 3 rings (SSSR count). The Labute approximate surface area is 152 Å². The highest BCUT2D eigenvalue weighted by atomic mass is 19.4. The zero-order chi connectivity index (χ0) is 19.4. The number of benzene rings is 1. The van der Waals surface area contributed by atoms with Crippen LogP contribution in [0.5, 0.6) is 5.75 Å². The van der Waals surface area contributed by atoms with E-state index in [-0.39, 0.29) is 35.6 Å². The number of nitrogens with one attached hydrogen (secondary N) is 1. The lowest BCUT2D eigenvalue weighted by Crippen LogP contribution is -2.19. The van der Waals surface area contributed by atoms with E-state index in [1.165, 1.54) is 24.3 Å². The third kappa shape index (κ3) is 5.13. The maximum absolute atomic E-state index is 12.3. The molecule has 10 heteroatoms. The molecule has 1 aromatic heterocycles. The summed E-state index contributed by atoms with van der Waals surface area (Å²) in [6, 6.07) is 6.70. The van der Waals surface area contributed by atoms with E-state index in [9.17, 15) is 18.0 Å². The van der Waals surface area contributed by atoms with E-state index >= 15 is 0 Å². The minimum absolute atomic E-state index is 0.0863. The largest absolute Gasteiger partial charge is 0.573 e. The highest BCUT2D eigenvalue weighted by molar-refractivity contribution is 5.90. The van der Waals surface area contributed by atoms with E-state index in [2.05, 4.69) is 15.2 Å². The zero-order valence-corrected chi connectivity index (χ0v) is 14.0. The van der Waals surface area contributed by atoms with Gasteiger partial charge in [0, 0.05) is 31.1 Å². The van der Waals surface area contributed by atoms with Gasteiger partial charge in [0.2, 0.25) is 11.8 Å². The Morgan fingerprint density at radius 3 is 2.96 bits per heavy atom. The van der Waals surface area contributed by atoms with Gasteiger partial charge in [0.15, 0.2) is 6.19 Å². The van der Waals surface area contributed by atoms with Crippen LogP contribution in [0.25, 0.3) is 11.3 Å². The van der Waals surface area contributed by atoms with Gasteiger partial charge < -0.3 is 14.2 Å². The molecular weight excluding hydrogens is 365 g/mol. The molecular formula is C17H15F3N4O3. The number of carbonyl (C=O) groups excluding carboxylic acids is 1. The SMILES string of the molecule is N#CN1CC[C@@H](CC(=O)Nc2cc(-c3cccc(OC(F)(F)F)c3)no2)C1. The Morgan fingerprint density at radius 1 is 1.44 bits per heavy atom. The molecule has 0 aliphatic carbocycles. The lowest BCUT2D eigenvalue weighted by atomic mass is 10.0. The highest BCUT2D eigenvalue weighted by Crippen LogP contribution is 2.29. The molecule has 0 bridgehead atoms. The molecule has 0 radical (unpaired) electrons. The van der Waals surface area contributed by atoms with Gasteiger partial charge in [-0.2, -0.15) is 5.26 Å². The zero-order valence-electron chi connectivity index (χ0n) is 14.0. The minimum Gasteiger partial charge on any atom is -0.406 e. The van der Waals surface area contributed by atoms with Crippen LogP contribution in [0.1, 0.15) is 12.8 Å². The number of aromatic nitrogens is 1. The van der Waals surface area contributed by atoms with Crippen molar-refractivity contribution in [1.29, 1.82) is 5.26 Å². The number of alkyl halides is 3. The van der Waals surface area contributed by atoms with E-state index in [1.807, 2.05) is 6.19 Å². The van der Waals surface area contributed by atoms with Crippen molar-refractivity contribution in [3.8, 4) is 23.2 Å². The van der Waals surface area contributed by atoms with Crippen molar-refractivity contribution in [3.63, 3.8) is 0 Å². The molecule has 2 heterocycles. The van der Waals surface area contributed by atoms with Crippen LogP contribution in [0.2, 0.25) is 0 Å². The lowest BCUT2D eigenvalue weighted by molar-refractivity contribution is -0.274. The standard InChI is InChI=1S/C17H15F3N4O3/c18-17(19,20)26-13-3-1-2-12(7-13)14-8-16(27-23-14)22-15(25)6-11-4-5-24(9-11)10-21/h1-3,7-8,11H,4-6,9H2,(H,22,25)/t11-/m0/s1. The number of rotatable bonds is 5. The molecule has 142 valence electrons. The van der Waals surface area contributed by atoms with Gasteiger partial charge in [0.25, 0.3) is 0 Å². The maximum Gasteiger partial charge on any atom is 0.573 e. The van der Waals surface area contributed by atoms with Crippen LogP contribution in [0.3, 0.4) is 0 Å². The molecule has 2 aromatic rings. The summed E-state index contributed by atoms with van der Waals surface area (Å²) in [7, 11) is 0. The Kier molecular flexibility index (Phi) is 5.21. The quantitative estimate of drug-likeness (QED) is 0.800. The number of halogens is 3. The summed E-state index contributed by atoms with van der Waals surface area (Å²) in [5.41, 5.74) is 0.607. The van der Waals surface area contributed by atoms with Crippen molar-refractivity contribution >= 4 is 11.8 Å². The number of hydrogen-bond acceptors (Lipinski definition) is 6. The molecule has 7 nitrogen and oxygen atoms in total. The molecule has 27 heavy (non-hydrogen) atoms. The van der Waals surface area contributed by atoms with Crippen molar-refractivity contribution in [3.05, 3.63) is 30.3 Å². The maximum atomic E-state index is 12.3. The second kappa shape index (κ2) is 7.57. The lowest BCUT2D eigenvalue weighted by Gasteiger charge is -2.09. The van der Waals surface area contributed by atoms with E-state index < -0.39 is 6.36 Å². The van der Waals surface area contributed by atoms with Crippen LogP contribution >= 0.6 is 0 Å². The van der Waals surface area contributed by atoms with Gasteiger partial charge in [-0.25, -0.2) is 0 Å². The predicted molar refractivity (Wildman–Crippen MR) is 87.2 cm³/mol. The van der Waals surface area contributed by atoms with Gasteiger partial charge in [0.1, 0.15) is 11.4 Å². The second-order valence-electron chi connectivity index (χ2n) is 6.11. The molecule has 1 aliphatic rings. The Hall–Kier alpha value is -3.22. The molecule has 0 spiro atoms. The van der Waals surface area contributed by atoms with E-state index in [0.29, 0.717) is 18.7 Å². The van der Waals surface area contributed by atoms with Crippen molar-refractivity contribution in [2.24, 2.45) is 5.92 Å². The number of hydrogen-bond donors (Lipinski definition) is 1. The number of nitrogens with zero attached hydrogens (tertiary/aromatic N) is 3. The van der Waals surface area contributed by atoms with E-state index in [1.54, 1.807) is 11.0 Å². The van der Waals surface area contributed by atoms with Crippen LogP contribution in [0.15, 0.2) is 34.9 Å². The third-order valence-corrected chi connectivity index (χ3v) is 4.04. The number of carbonyl (C=O) groups is 1. The summed E-state index contributed by atoms with van der Waals surface area (Å²) in [5, 5.41) is 15.1. The summed E-state index contributed by atoms with van der Waals surface area (Å²) in [5.74, 6) is -0.482. The molecule has 1 fully saturated rings. The third-order valence-electron chi connectivity index (χ3n) is 4.04. The first-order valence-corrected chi connectivity index (χ1v) is 8.10. The highest BCUT2D eigenvalue weighted by Gasteiger charge is 2.31. The number of likely N-dealkylation sites (tertiary alicyclic amines) is 1. The van der Waals surface area contributed by atoms with Crippen LogP contribution in [-0.2, 0) is 4.79 Å². The topological polar surface area (TPSA) is 91.4 Å². The number of amides is 1. The number of anilines is 1. The smallest absolute Gasteiger partial charge is 0.406 e. The fourth-order valence-corrected chi connectivity index (χ4v) is 2.86. The number of nitriles is 1. The summed E-state index contributed by atoms with van der Waals surface area (Å²) >= 11 is 0. The average molecular weight is 380 g/mol. The minimum atomic E-state index is -4.79. The van der Waals surface area contributed by atoms with Crippen molar-refractivity contribution < 1.29 is 27.2 Å². The van der Waals surface area contributed by atoms with Gasteiger partial charge in [-0.05, 0) is 24.5 Å². The Morgan fingerprint density at radius 2 is 2.26 bits per heavy atom. The van der Waals surface area contributed by atoms with Gasteiger partial charge in [-0.1, -0.05) is 17.3 Å². The monoisotopic (exact) mass is 380 g/mol. The first-order chi connectivity index (χ1) is 12.8. The van der Waals surface area contributed by atoms with Crippen molar-refractivity contribution in [2.75, 3.05) is 18.4 Å². The molecule has 1 aromatic carbocycles. The van der Waals surface area contributed by atoms with Gasteiger partial charge >= 0.3 is 6.36 Å². The van der Waals surface area contributed by atoms with Crippen molar-refractivity contribution in [1.82, 2.24) is 10.1 Å². The molecule has 1 amide bonds. The summed E-state index contributed by atoms with van der Waals surface area (Å²) in [4.78, 5) is 13.7. The predicted octanol–water partition coefficient (Wildman–Crippen LogP) is 3.37. The summed E-state index contributed by atoms with van der Waals surface area (Å²) in [6.45, 7) is 1.18. The van der Waals surface area contributed by atoms with E-state index in [4.69, 9.17) is 9.78 Å². The Bertz CT molecular complexity index is 860. The van der Waals surface area contributed by atoms with Gasteiger partial charge in [-0.15, -0.1) is 13.2 Å². The fourth-order valence-electron chi connectivity index (χ4n) is 2.86. The molecule has 1 aliphatic heterocycles. The van der Waals surface area contributed by atoms with Crippen LogP contribution < -0.4 is 10.1 Å². The summed E-state index contributed by atoms with van der Waals surface area (Å²) in [6.07, 6.45) is -1.74. The Balaban J connectivity index is 1.61. The molecule has 1 N–H and O–H groups in total. The van der Waals surface area contributed by atoms with Crippen molar-refractivity contribution in [2.45, 2.75) is 19.2 Å². The van der Waals surface area contributed by atoms with Gasteiger partial charge in [0.05, 0.1) is 0 Å². The fraction of sp³-hybridized carbons (Fsp3) is 0.353. The summed E-state index contributed by atoms with van der Waals surface area (Å²) < 4.78 is 45.8. The molecule has 1 saturated heterocycles. The first kappa shape index (κ1) is 18.6. The molecule has 1 atom stereocenters. The molecule has 0 saturated carbocycles. The van der Waals surface area contributed by atoms with E-state index in [0.717, 1.165) is 6.42 Å². The normalized spacial score (nSPS) is 16.8. The first-order valence-electron chi connectivity index (χ1n) is 8.10. The van der Waals surface area contributed by atoms with Crippen LogP contribution in [0, 0.1) is 17.4 Å². The molecule has 0 unspecified atom stereocenters. The average Bonchev–Trinajstić information content (AvgIpc) is 3.23. The number of ether oxygens (including phenoxy) is 1. The van der Waals surface area contributed by atoms with Gasteiger partial charge in [-0.3, -0.25) is 10.1 Å². The van der Waals surface area contributed by atoms with Crippen LogP contribution in [0.4, 0.5) is 19.1 Å².